The number of hydrogen-bond acceptors (Lipinski definition) is 5. The van der Waals surface area contributed by atoms with Crippen LogP contribution in [0.5, 0.6) is 0 Å². The fourth-order valence-corrected chi connectivity index (χ4v) is 5.60. The quantitative estimate of drug-likeness (QED) is 0.504. The summed E-state index contributed by atoms with van der Waals surface area (Å²) >= 11 is 11.8. The van der Waals surface area contributed by atoms with Crippen LogP contribution in [-0.4, -0.2) is 38.0 Å². The topological polar surface area (TPSA) is 98.5 Å². The highest BCUT2D eigenvalue weighted by atomic mass is 35.5. The molecule has 1 saturated heterocycles. The molecule has 1 aliphatic rings. The van der Waals surface area contributed by atoms with E-state index in [0.29, 0.717) is 11.1 Å². The maximum Gasteiger partial charge on any atom is 0.424 e. The third-order valence-electron chi connectivity index (χ3n) is 5.58. The summed E-state index contributed by atoms with van der Waals surface area (Å²) < 4.78 is 65.3. The number of rotatable bonds is 7. The van der Waals surface area contributed by atoms with Gasteiger partial charge in [-0.15, -0.1) is 0 Å². The van der Waals surface area contributed by atoms with Gasteiger partial charge in [-0.3, -0.25) is 9.63 Å². The fourth-order valence-electron chi connectivity index (χ4n) is 3.78. The van der Waals surface area contributed by atoms with Crippen molar-refractivity contribution in [3.63, 3.8) is 0 Å². The van der Waals surface area contributed by atoms with Crippen molar-refractivity contribution < 1.29 is 31.2 Å². The molecule has 1 unspecified atom stereocenters. The number of nitrogens with one attached hydrogen (secondary N) is 1. The molecule has 1 amide bonds. The van der Waals surface area contributed by atoms with Gasteiger partial charge in [0.05, 0.1) is 17.5 Å². The van der Waals surface area contributed by atoms with Crippen molar-refractivity contribution in [1.29, 1.82) is 0 Å². The standard InChI is InChI=1S/C22H21Cl2F3N2O4S/c1-12-5-14(3-4-19(12)20(30)29-18-10-34(31,32)11-18)13(2)9-21(33-28,22(25,26)27)15-6-16(23)8-17(24)7-15/h3-8,18H,2,9-11,28H2,1H3,(H,29,30). The van der Waals surface area contributed by atoms with Crippen LogP contribution < -0.4 is 11.2 Å². The Morgan fingerprint density at radius 2 is 1.76 bits per heavy atom. The molecule has 0 radical (unpaired) electrons. The number of aryl methyl sites for hydroxylation is 1. The van der Waals surface area contributed by atoms with E-state index in [4.69, 9.17) is 29.1 Å². The molecule has 34 heavy (non-hydrogen) atoms. The number of alkyl halides is 3. The van der Waals surface area contributed by atoms with E-state index in [1.165, 1.54) is 24.3 Å². The average molecular weight is 537 g/mol. The van der Waals surface area contributed by atoms with Crippen LogP contribution in [0.3, 0.4) is 0 Å². The van der Waals surface area contributed by atoms with Gasteiger partial charge in [0.25, 0.3) is 5.91 Å². The van der Waals surface area contributed by atoms with E-state index in [9.17, 15) is 26.4 Å². The summed E-state index contributed by atoms with van der Waals surface area (Å²) in [7, 11) is -3.10. The lowest BCUT2D eigenvalue weighted by molar-refractivity contribution is -0.285. The van der Waals surface area contributed by atoms with Crippen LogP contribution in [-0.2, 0) is 20.3 Å². The molecule has 1 heterocycles. The fraction of sp³-hybridized carbons (Fsp3) is 0.318. The van der Waals surface area contributed by atoms with Crippen molar-refractivity contribution in [2.45, 2.75) is 31.2 Å². The number of carbonyl (C=O) groups excluding carboxylic acids is 1. The number of hydrogen-bond donors (Lipinski definition) is 2. The molecule has 0 spiro atoms. The molecule has 3 rings (SSSR count). The minimum absolute atomic E-state index is 0.0238. The minimum atomic E-state index is -4.95. The molecule has 0 aliphatic carbocycles. The smallest absolute Gasteiger partial charge is 0.347 e. The maximum atomic E-state index is 14.2. The molecule has 1 fully saturated rings. The Kier molecular flexibility index (Phi) is 7.40. The molecule has 2 aromatic carbocycles. The van der Waals surface area contributed by atoms with Crippen LogP contribution >= 0.6 is 23.2 Å². The van der Waals surface area contributed by atoms with Crippen molar-refractivity contribution in [3.05, 3.63) is 75.3 Å². The summed E-state index contributed by atoms with van der Waals surface area (Å²) in [6, 6.07) is 7.35. The van der Waals surface area contributed by atoms with Crippen LogP contribution in [0, 0.1) is 6.92 Å². The van der Waals surface area contributed by atoms with E-state index >= 15 is 0 Å². The largest absolute Gasteiger partial charge is 0.424 e. The van der Waals surface area contributed by atoms with Crippen molar-refractivity contribution >= 4 is 44.5 Å². The zero-order valence-electron chi connectivity index (χ0n) is 17.9. The molecular weight excluding hydrogens is 516 g/mol. The number of carbonyl (C=O) groups is 1. The zero-order valence-corrected chi connectivity index (χ0v) is 20.2. The average Bonchev–Trinajstić information content (AvgIpc) is 2.68. The van der Waals surface area contributed by atoms with Crippen molar-refractivity contribution in [3.8, 4) is 0 Å². The van der Waals surface area contributed by atoms with Crippen molar-refractivity contribution in [2.24, 2.45) is 5.90 Å². The second-order valence-corrected chi connectivity index (χ2v) is 11.2. The Hall–Kier alpha value is -2.11. The molecule has 2 aromatic rings. The Morgan fingerprint density at radius 3 is 2.24 bits per heavy atom. The van der Waals surface area contributed by atoms with Gasteiger partial charge in [0.2, 0.25) is 5.60 Å². The van der Waals surface area contributed by atoms with Gasteiger partial charge in [-0.25, -0.2) is 14.3 Å². The summed E-state index contributed by atoms with van der Waals surface area (Å²) in [6.07, 6.45) is -5.72. The van der Waals surface area contributed by atoms with Crippen molar-refractivity contribution in [1.82, 2.24) is 5.32 Å². The van der Waals surface area contributed by atoms with Gasteiger partial charge in [-0.05, 0) is 53.5 Å². The lowest BCUT2D eigenvalue weighted by atomic mass is 9.84. The summed E-state index contributed by atoms with van der Waals surface area (Å²) in [5, 5.41) is 2.58. The molecule has 0 bridgehead atoms. The van der Waals surface area contributed by atoms with Crippen LogP contribution in [0.1, 0.15) is 33.5 Å². The summed E-state index contributed by atoms with van der Waals surface area (Å²) in [5.74, 6) is 4.46. The van der Waals surface area contributed by atoms with E-state index < -0.39 is 40.0 Å². The van der Waals surface area contributed by atoms with E-state index in [1.807, 2.05) is 0 Å². The van der Waals surface area contributed by atoms with E-state index in [0.717, 1.165) is 12.1 Å². The number of sulfone groups is 1. The molecule has 6 nitrogen and oxygen atoms in total. The molecule has 1 atom stereocenters. The highest BCUT2D eigenvalue weighted by molar-refractivity contribution is 7.92. The third-order valence-corrected chi connectivity index (χ3v) is 7.83. The number of halogens is 5. The van der Waals surface area contributed by atoms with Crippen LogP contribution in [0.15, 0.2) is 43.0 Å². The van der Waals surface area contributed by atoms with E-state index in [-0.39, 0.29) is 38.3 Å². The third kappa shape index (κ3) is 5.41. The first-order chi connectivity index (χ1) is 15.7. The van der Waals surface area contributed by atoms with Crippen LogP contribution in [0.4, 0.5) is 13.2 Å². The first kappa shape index (κ1) is 26.5. The molecule has 12 heteroatoms. The van der Waals surface area contributed by atoms with Gasteiger partial charge >= 0.3 is 6.18 Å². The predicted molar refractivity (Wildman–Crippen MR) is 124 cm³/mol. The van der Waals surface area contributed by atoms with E-state index in [1.54, 1.807) is 6.92 Å². The summed E-state index contributed by atoms with van der Waals surface area (Å²) in [5.41, 5.74) is -2.25. The Bertz CT molecular complexity index is 1220. The second kappa shape index (κ2) is 9.50. The predicted octanol–water partition coefficient (Wildman–Crippen LogP) is 4.58. The highest BCUT2D eigenvalue weighted by Gasteiger charge is 2.58. The van der Waals surface area contributed by atoms with E-state index in [2.05, 4.69) is 16.7 Å². The number of nitrogens with two attached hydrogens (primary N) is 1. The van der Waals surface area contributed by atoms with Gasteiger partial charge in [-0.2, -0.15) is 13.2 Å². The van der Waals surface area contributed by atoms with Crippen LogP contribution in [0.25, 0.3) is 5.57 Å². The molecule has 0 saturated carbocycles. The van der Waals surface area contributed by atoms with Gasteiger partial charge in [0.1, 0.15) is 0 Å². The lowest BCUT2D eigenvalue weighted by Gasteiger charge is -2.35. The monoisotopic (exact) mass is 536 g/mol. The molecule has 3 N–H and O–H groups in total. The SMILES string of the molecule is C=C(CC(ON)(c1cc(Cl)cc(Cl)c1)C(F)(F)F)c1ccc(C(=O)NC2CS(=O)(=O)C2)c(C)c1. The summed E-state index contributed by atoms with van der Waals surface area (Å²) in [4.78, 5) is 17.0. The summed E-state index contributed by atoms with van der Waals surface area (Å²) in [6.45, 7) is 5.38. The van der Waals surface area contributed by atoms with Gasteiger partial charge in [0, 0.05) is 22.0 Å². The minimum Gasteiger partial charge on any atom is -0.347 e. The second-order valence-electron chi connectivity index (χ2n) is 8.16. The molecule has 0 aromatic heterocycles. The maximum absolute atomic E-state index is 14.2. The zero-order chi connectivity index (χ0) is 25.5. The van der Waals surface area contributed by atoms with Crippen LogP contribution in [0.2, 0.25) is 10.0 Å². The lowest BCUT2D eigenvalue weighted by Crippen LogP contribution is -2.53. The number of benzene rings is 2. The van der Waals surface area contributed by atoms with Gasteiger partial charge in [-0.1, -0.05) is 41.9 Å². The molecule has 1 aliphatic heterocycles. The first-order valence-electron chi connectivity index (χ1n) is 9.89. The molecular formula is C22H21Cl2F3N2O4S. The highest BCUT2D eigenvalue weighted by Crippen LogP contribution is 2.48. The Labute approximate surface area is 204 Å². The number of amides is 1. The van der Waals surface area contributed by atoms with Gasteiger partial charge in [0.15, 0.2) is 9.84 Å². The molecule has 184 valence electrons. The normalized spacial score (nSPS) is 17.5. The van der Waals surface area contributed by atoms with Gasteiger partial charge < -0.3 is 5.32 Å². The first-order valence-corrected chi connectivity index (χ1v) is 12.5. The Morgan fingerprint density at radius 1 is 1.18 bits per heavy atom. The van der Waals surface area contributed by atoms with Crippen molar-refractivity contribution in [2.75, 3.05) is 11.5 Å². The Balaban J connectivity index is 1.87.